The molecule has 27 heavy (non-hydrogen) atoms. The number of aromatic hydroxyl groups is 1. The molecule has 1 aromatic heterocycles. The second kappa shape index (κ2) is 7.46. The molecule has 0 spiro atoms. The number of aromatic nitrogens is 2. The fourth-order valence-electron chi connectivity index (χ4n) is 2.12. The van der Waals surface area contributed by atoms with Crippen molar-refractivity contribution in [3.05, 3.63) is 41.7 Å². The molecule has 2 amide bonds. The number of benzene rings is 1. The van der Waals surface area contributed by atoms with Gasteiger partial charge in [-0.3, -0.25) is 9.87 Å². The Morgan fingerprint density at radius 2 is 1.67 bits per heavy atom. The number of carbonyl (C=O) groups excluding carboxylic acids is 1. The molecule has 0 atom stereocenters. The van der Waals surface area contributed by atoms with Crippen LogP contribution in [0.4, 0.5) is 10.7 Å². The van der Waals surface area contributed by atoms with Crippen molar-refractivity contribution < 1.29 is 31.3 Å². The van der Waals surface area contributed by atoms with Crippen molar-refractivity contribution in [2.45, 2.75) is 18.7 Å². The number of carbonyl (C=O) groups is 1. The average Bonchev–Trinajstić information content (AvgIpc) is 2.50. The lowest BCUT2D eigenvalue weighted by molar-refractivity contribution is 0.238. The molecular formula is C14H16N4O7S2. The zero-order chi connectivity index (χ0) is 20.4. The molecule has 0 aliphatic carbocycles. The van der Waals surface area contributed by atoms with Crippen molar-refractivity contribution in [3.63, 3.8) is 0 Å². The topological polar surface area (TPSA) is 167 Å². The molecule has 0 saturated heterocycles. The third-order valence-electron chi connectivity index (χ3n) is 3.14. The van der Waals surface area contributed by atoms with Crippen LogP contribution in [0.5, 0.6) is 5.75 Å². The Morgan fingerprint density at radius 3 is 2.19 bits per heavy atom. The Balaban J connectivity index is 2.48. The summed E-state index contributed by atoms with van der Waals surface area (Å²) in [5, 5.41) is 11.8. The van der Waals surface area contributed by atoms with Crippen LogP contribution in [0.2, 0.25) is 0 Å². The molecule has 0 bridgehead atoms. The normalized spacial score (nSPS) is 11.8. The lowest BCUT2D eigenvalue weighted by Gasteiger charge is -2.21. The van der Waals surface area contributed by atoms with Crippen molar-refractivity contribution >= 4 is 32.1 Å². The van der Waals surface area contributed by atoms with Crippen LogP contribution in [0.1, 0.15) is 11.4 Å². The number of phenols is 1. The van der Waals surface area contributed by atoms with Crippen LogP contribution >= 0.6 is 0 Å². The van der Waals surface area contributed by atoms with Crippen LogP contribution in [0.25, 0.3) is 0 Å². The van der Waals surface area contributed by atoms with E-state index in [0.29, 0.717) is 11.4 Å². The smallest absolute Gasteiger partial charge is 0.339 e. The van der Waals surface area contributed by atoms with Crippen LogP contribution in [0, 0.1) is 13.8 Å². The van der Waals surface area contributed by atoms with E-state index in [-0.39, 0.29) is 10.3 Å². The molecule has 2 rings (SSSR count). The Labute approximate surface area is 155 Å². The molecule has 3 N–H and O–H groups in total. The number of nitrogens with zero attached hydrogens (tertiary/aromatic N) is 3. The first-order valence-electron chi connectivity index (χ1n) is 7.29. The van der Waals surface area contributed by atoms with E-state index in [1.54, 1.807) is 19.9 Å². The molecule has 0 saturated carbocycles. The van der Waals surface area contributed by atoms with Gasteiger partial charge in [0.25, 0.3) is 20.1 Å². The third-order valence-corrected chi connectivity index (χ3v) is 5.67. The number of nitrogens with one attached hydrogen (secondary N) is 1. The van der Waals surface area contributed by atoms with Crippen molar-refractivity contribution in [2.75, 3.05) is 11.2 Å². The molecule has 0 unspecified atom stereocenters. The highest BCUT2D eigenvalue weighted by Crippen LogP contribution is 2.26. The van der Waals surface area contributed by atoms with Crippen LogP contribution in [0.3, 0.4) is 0 Å². The molecule has 11 nitrogen and oxygen atoms in total. The van der Waals surface area contributed by atoms with Crippen LogP contribution in [0.15, 0.2) is 35.2 Å². The highest BCUT2D eigenvalue weighted by atomic mass is 32.2. The van der Waals surface area contributed by atoms with Gasteiger partial charge >= 0.3 is 6.03 Å². The van der Waals surface area contributed by atoms with E-state index in [1.165, 1.54) is 12.1 Å². The zero-order valence-electron chi connectivity index (χ0n) is 14.2. The minimum Gasteiger partial charge on any atom is -0.507 e. The van der Waals surface area contributed by atoms with E-state index in [0.717, 1.165) is 12.1 Å². The lowest BCUT2D eigenvalue weighted by atomic mass is 10.3. The Bertz CT molecular complexity index is 1060. The maximum Gasteiger partial charge on any atom is 0.339 e. The highest BCUT2D eigenvalue weighted by Gasteiger charge is 2.35. The van der Waals surface area contributed by atoms with Gasteiger partial charge in [-0.2, -0.15) is 12.7 Å². The lowest BCUT2D eigenvalue weighted by Crippen LogP contribution is -2.43. The van der Waals surface area contributed by atoms with Crippen LogP contribution < -0.4 is 5.32 Å². The van der Waals surface area contributed by atoms with E-state index in [1.807, 2.05) is 0 Å². The minimum absolute atomic E-state index is 0.140. The third kappa shape index (κ3) is 5.12. The summed E-state index contributed by atoms with van der Waals surface area (Å²) in [6.07, 6.45) is 0. The predicted molar refractivity (Wildman–Crippen MR) is 94.1 cm³/mol. The Hall–Kier alpha value is -2.77. The molecule has 2 aromatic rings. The number of urea groups is 1. The van der Waals surface area contributed by atoms with Gasteiger partial charge in [0.2, 0.25) is 5.95 Å². The van der Waals surface area contributed by atoms with Crippen molar-refractivity contribution in [2.24, 2.45) is 0 Å². The standard InChI is InChI=1S/C14H16N4O7S2/c1-9-7-10(2)16-13(15-9)17-14(20)18(8-26(21,22)23)27(24,25)12-6-4-3-5-11(12)19/h3-7,19H,8H2,1-2H3,(H,21,22,23)(H,15,16,17,20). The quantitative estimate of drug-likeness (QED) is 0.599. The molecule has 0 radical (unpaired) electrons. The van der Waals surface area contributed by atoms with Gasteiger partial charge in [0.1, 0.15) is 10.6 Å². The number of hydrogen-bond acceptors (Lipinski definition) is 8. The highest BCUT2D eigenvalue weighted by molar-refractivity contribution is 7.91. The number of anilines is 1. The average molecular weight is 416 g/mol. The van der Waals surface area contributed by atoms with Gasteiger partial charge < -0.3 is 5.11 Å². The van der Waals surface area contributed by atoms with Gasteiger partial charge in [-0.25, -0.2) is 23.2 Å². The number of para-hydroxylation sites is 1. The number of phenolic OH excluding ortho intramolecular Hbond substituents is 1. The number of amides is 2. The van der Waals surface area contributed by atoms with E-state index in [2.05, 4.69) is 15.3 Å². The van der Waals surface area contributed by atoms with Gasteiger partial charge in [0, 0.05) is 11.4 Å². The first-order valence-corrected chi connectivity index (χ1v) is 10.3. The molecule has 146 valence electrons. The summed E-state index contributed by atoms with van der Waals surface area (Å²) in [5.74, 6) is -2.53. The first-order chi connectivity index (χ1) is 12.4. The van der Waals surface area contributed by atoms with Crippen molar-refractivity contribution in [1.82, 2.24) is 14.3 Å². The molecular weight excluding hydrogens is 400 g/mol. The summed E-state index contributed by atoms with van der Waals surface area (Å²) in [6.45, 7) is 3.22. The molecule has 13 heteroatoms. The van der Waals surface area contributed by atoms with Gasteiger partial charge in [-0.1, -0.05) is 12.1 Å². The summed E-state index contributed by atoms with van der Waals surface area (Å²) in [7, 11) is -9.75. The number of hydrogen-bond donors (Lipinski definition) is 3. The molecule has 1 aromatic carbocycles. The second-order valence-corrected chi connectivity index (χ2v) is 8.69. The first kappa shape index (κ1) is 20.5. The zero-order valence-corrected chi connectivity index (χ0v) is 15.8. The SMILES string of the molecule is Cc1cc(C)nc(NC(=O)N(CS(=O)(=O)O)S(=O)(=O)c2ccccc2O)n1. The fourth-order valence-corrected chi connectivity index (χ4v) is 4.57. The summed E-state index contributed by atoms with van der Waals surface area (Å²) in [6, 6.07) is 4.80. The molecule has 0 aliphatic heterocycles. The summed E-state index contributed by atoms with van der Waals surface area (Å²) in [5.41, 5.74) is 0.949. The van der Waals surface area contributed by atoms with Gasteiger partial charge in [-0.15, -0.1) is 0 Å². The summed E-state index contributed by atoms with van der Waals surface area (Å²) < 4.78 is 56.8. The Kier molecular flexibility index (Phi) is 5.67. The number of rotatable bonds is 5. The van der Waals surface area contributed by atoms with Crippen molar-refractivity contribution in [3.8, 4) is 5.75 Å². The molecule has 0 fully saturated rings. The molecule has 1 heterocycles. The maximum atomic E-state index is 12.7. The maximum absolute atomic E-state index is 12.7. The number of sulfonamides is 1. The van der Waals surface area contributed by atoms with E-state index < -0.39 is 42.7 Å². The van der Waals surface area contributed by atoms with Crippen LogP contribution in [-0.4, -0.2) is 52.7 Å². The largest absolute Gasteiger partial charge is 0.507 e. The van der Waals surface area contributed by atoms with Crippen LogP contribution in [-0.2, 0) is 20.1 Å². The van der Waals surface area contributed by atoms with Crippen molar-refractivity contribution in [1.29, 1.82) is 0 Å². The van der Waals surface area contributed by atoms with Gasteiger partial charge in [0.05, 0.1) is 0 Å². The fraction of sp³-hybridized carbons (Fsp3) is 0.214. The predicted octanol–water partition coefficient (Wildman–Crippen LogP) is 0.867. The van der Waals surface area contributed by atoms with Gasteiger partial charge in [0.15, 0.2) is 5.88 Å². The molecule has 0 aliphatic rings. The summed E-state index contributed by atoms with van der Waals surface area (Å²) >= 11 is 0. The van der Waals surface area contributed by atoms with E-state index in [9.17, 15) is 26.7 Å². The monoisotopic (exact) mass is 416 g/mol. The van der Waals surface area contributed by atoms with Gasteiger partial charge in [-0.05, 0) is 32.0 Å². The summed E-state index contributed by atoms with van der Waals surface area (Å²) in [4.78, 5) is 19.5. The van der Waals surface area contributed by atoms with E-state index >= 15 is 0 Å². The number of aryl methyl sites for hydroxylation is 2. The Morgan fingerprint density at radius 1 is 1.11 bits per heavy atom. The minimum atomic E-state index is -4.92. The van der Waals surface area contributed by atoms with E-state index in [4.69, 9.17) is 4.55 Å². The second-order valence-electron chi connectivity index (χ2n) is 5.44.